The molecule has 0 spiro atoms. The molecule has 0 amide bonds. The van der Waals surface area contributed by atoms with E-state index in [0.717, 1.165) is 12.8 Å². The maximum atomic E-state index is 4.24. The predicted octanol–water partition coefficient (Wildman–Crippen LogP) is 2.80. The molecule has 98 valence electrons. The van der Waals surface area contributed by atoms with Gasteiger partial charge in [0.2, 0.25) is 0 Å². The van der Waals surface area contributed by atoms with Crippen LogP contribution in [0, 0.1) is 0 Å². The lowest BCUT2D eigenvalue weighted by Gasteiger charge is -2.41. The average molecular weight is 310 g/mol. The van der Waals surface area contributed by atoms with Gasteiger partial charge < -0.3 is 5.32 Å². The monoisotopic (exact) mass is 309 g/mol. The zero-order chi connectivity index (χ0) is 12.4. The molecule has 0 radical (unpaired) electrons. The molecule has 3 aliphatic rings. The molecule has 0 saturated carbocycles. The van der Waals surface area contributed by atoms with Gasteiger partial charge in [0.25, 0.3) is 0 Å². The van der Waals surface area contributed by atoms with Crippen LogP contribution in [0.3, 0.4) is 0 Å². The van der Waals surface area contributed by atoms with E-state index in [4.69, 9.17) is 0 Å². The van der Waals surface area contributed by atoms with Gasteiger partial charge in [0.1, 0.15) is 0 Å². The van der Waals surface area contributed by atoms with E-state index < -0.39 is 0 Å². The van der Waals surface area contributed by atoms with Crippen molar-refractivity contribution in [3.63, 3.8) is 0 Å². The molecule has 1 N–H and O–H groups in total. The Morgan fingerprint density at radius 3 is 2.94 bits per heavy atom. The maximum absolute atomic E-state index is 4.24. The van der Waals surface area contributed by atoms with Crippen molar-refractivity contribution in [2.24, 2.45) is 4.99 Å². The Morgan fingerprint density at radius 1 is 1.28 bits per heavy atom. The summed E-state index contributed by atoms with van der Waals surface area (Å²) in [7, 11) is 0. The third-order valence-electron chi connectivity index (χ3n) is 4.02. The first kappa shape index (κ1) is 12.4. The second-order valence-corrected chi connectivity index (χ2v) is 6.45. The number of rotatable bonds is 1. The third kappa shape index (κ3) is 2.54. The number of alkyl halides is 1. The van der Waals surface area contributed by atoms with Gasteiger partial charge in [-0.25, -0.2) is 0 Å². The average Bonchev–Trinajstić information content (AvgIpc) is 2.63. The van der Waals surface area contributed by atoms with Crippen molar-refractivity contribution in [1.29, 1.82) is 0 Å². The zero-order valence-corrected chi connectivity index (χ0v) is 12.2. The molecule has 1 saturated heterocycles. The zero-order valence-electron chi connectivity index (χ0n) is 10.6. The summed E-state index contributed by atoms with van der Waals surface area (Å²) in [4.78, 5) is 7.34. The molecule has 2 atom stereocenters. The van der Waals surface area contributed by atoms with Gasteiger partial charge in [0, 0.05) is 37.6 Å². The van der Waals surface area contributed by atoms with E-state index >= 15 is 0 Å². The molecule has 3 rings (SSSR count). The van der Waals surface area contributed by atoms with Crippen LogP contribution in [0.4, 0.5) is 0 Å². The van der Waals surface area contributed by atoms with Crippen molar-refractivity contribution in [2.45, 2.75) is 43.1 Å². The highest BCUT2D eigenvalue weighted by Crippen LogP contribution is 2.30. The second-order valence-electron chi connectivity index (χ2n) is 5.27. The van der Waals surface area contributed by atoms with Crippen molar-refractivity contribution >= 4 is 22.1 Å². The van der Waals surface area contributed by atoms with Crippen LogP contribution in [0.5, 0.6) is 0 Å². The summed E-state index contributed by atoms with van der Waals surface area (Å²) in [5.74, 6) is 0. The number of halogens is 1. The Morgan fingerprint density at radius 2 is 2.11 bits per heavy atom. The van der Waals surface area contributed by atoms with E-state index in [0.29, 0.717) is 11.0 Å². The van der Waals surface area contributed by atoms with Gasteiger partial charge in [-0.1, -0.05) is 22.4 Å². The number of likely N-dealkylation sites (tertiary alicyclic amines) is 1. The first-order valence-electron chi connectivity index (χ1n) is 6.89. The van der Waals surface area contributed by atoms with Crippen LogP contribution >= 0.6 is 15.9 Å². The quantitative estimate of drug-likeness (QED) is 0.754. The van der Waals surface area contributed by atoms with Crippen LogP contribution in [0.15, 0.2) is 28.5 Å². The van der Waals surface area contributed by atoms with E-state index in [1.807, 2.05) is 12.4 Å². The minimum atomic E-state index is 0.437. The van der Waals surface area contributed by atoms with Crippen molar-refractivity contribution in [2.75, 3.05) is 13.1 Å². The van der Waals surface area contributed by atoms with Gasteiger partial charge in [0.05, 0.1) is 11.0 Å². The summed E-state index contributed by atoms with van der Waals surface area (Å²) in [5.41, 5.74) is 2.77. The molecule has 3 aliphatic heterocycles. The first-order chi connectivity index (χ1) is 8.84. The van der Waals surface area contributed by atoms with Crippen LogP contribution in [0.2, 0.25) is 0 Å². The minimum absolute atomic E-state index is 0.437. The lowest BCUT2D eigenvalue weighted by Crippen LogP contribution is -2.54. The summed E-state index contributed by atoms with van der Waals surface area (Å²) < 4.78 is 0. The molecule has 0 bridgehead atoms. The van der Waals surface area contributed by atoms with Gasteiger partial charge >= 0.3 is 0 Å². The number of allylic oxidation sites excluding steroid dienone is 2. The SMILES string of the molecule is BrC1CC2=C(C=CN=CC2)NC1N1CCCCC1. The molecule has 0 aromatic rings. The molecule has 4 heteroatoms. The number of nitrogens with one attached hydrogen (secondary N) is 1. The lowest BCUT2D eigenvalue weighted by molar-refractivity contribution is 0.139. The van der Waals surface area contributed by atoms with Crippen molar-refractivity contribution in [1.82, 2.24) is 10.2 Å². The van der Waals surface area contributed by atoms with E-state index in [1.54, 1.807) is 0 Å². The normalized spacial score (nSPS) is 32.9. The molecular weight excluding hydrogens is 290 g/mol. The standard InChI is InChI=1S/C14H20BrN3/c15-12-10-11-4-6-16-7-5-13(11)17-14(12)18-8-2-1-3-9-18/h5-7,12,14,17H,1-4,8-10H2. The summed E-state index contributed by atoms with van der Waals surface area (Å²) in [6, 6.07) is 0. The van der Waals surface area contributed by atoms with E-state index in [-0.39, 0.29) is 0 Å². The Balaban J connectivity index is 1.76. The topological polar surface area (TPSA) is 27.6 Å². The Kier molecular flexibility index (Phi) is 3.85. The summed E-state index contributed by atoms with van der Waals surface area (Å²) in [6.45, 7) is 2.45. The van der Waals surface area contributed by atoms with Gasteiger partial charge in [-0.15, -0.1) is 0 Å². The molecule has 2 unspecified atom stereocenters. The van der Waals surface area contributed by atoms with Gasteiger partial charge in [0.15, 0.2) is 0 Å². The molecular formula is C14H20BrN3. The first-order valence-corrected chi connectivity index (χ1v) is 7.81. The van der Waals surface area contributed by atoms with Gasteiger partial charge in [-0.2, -0.15) is 0 Å². The van der Waals surface area contributed by atoms with Crippen LogP contribution in [-0.4, -0.2) is 35.2 Å². The number of aliphatic imine (C=N–C) groups is 1. The predicted molar refractivity (Wildman–Crippen MR) is 79.0 cm³/mol. The fourth-order valence-electron chi connectivity index (χ4n) is 3.03. The van der Waals surface area contributed by atoms with Crippen molar-refractivity contribution in [3.8, 4) is 0 Å². The lowest BCUT2D eigenvalue weighted by atomic mass is 9.97. The van der Waals surface area contributed by atoms with Gasteiger partial charge in [-0.3, -0.25) is 9.89 Å². The largest absolute Gasteiger partial charge is 0.369 e. The fraction of sp³-hybridized carbons (Fsp3) is 0.643. The molecule has 0 aromatic heterocycles. The van der Waals surface area contributed by atoms with E-state index in [2.05, 4.69) is 37.2 Å². The van der Waals surface area contributed by atoms with Crippen LogP contribution in [0.25, 0.3) is 0 Å². The number of hydrogen-bond donors (Lipinski definition) is 1. The van der Waals surface area contributed by atoms with Crippen LogP contribution < -0.4 is 5.32 Å². The summed E-state index contributed by atoms with van der Waals surface area (Å²) in [5, 5.41) is 3.71. The second kappa shape index (κ2) is 5.57. The maximum Gasteiger partial charge on any atom is 0.0924 e. The Bertz CT molecular complexity index is 394. The highest BCUT2D eigenvalue weighted by Gasteiger charge is 2.31. The highest BCUT2D eigenvalue weighted by molar-refractivity contribution is 9.09. The minimum Gasteiger partial charge on any atom is -0.369 e. The Hall–Kier alpha value is -0.610. The molecule has 3 heterocycles. The van der Waals surface area contributed by atoms with Crippen LogP contribution in [-0.2, 0) is 0 Å². The summed E-state index contributed by atoms with van der Waals surface area (Å²) >= 11 is 3.87. The van der Waals surface area contributed by atoms with Crippen molar-refractivity contribution in [3.05, 3.63) is 23.5 Å². The third-order valence-corrected chi connectivity index (χ3v) is 4.85. The fourth-order valence-corrected chi connectivity index (χ4v) is 3.88. The number of hydrogen-bond acceptors (Lipinski definition) is 3. The van der Waals surface area contributed by atoms with E-state index in [9.17, 15) is 0 Å². The molecule has 3 nitrogen and oxygen atoms in total. The van der Waals surface area contributed by atoms with Crippen LogP contribution in [0.1, 0.15) is 32.1 Å². The molecule has 18 heavy (non-hydrogen) atoms. The van der Waals surface area contributed by atoms with E-state index in [1.165, 1.54) is 43.6 Å². The van der Waals surface area contributed by atoms with Gasteiger partial charge in [-0.05, 0) is 30.9 Å². The smallest absolute Gasteiger partial charge is 0.0924 e. The molecule has 0 aromatic carbocycles. The van der Waals surface area contributed by atoms with Crippen molar-refractivity contribution < 1.29 is 0 Å². The number of piperidine rings is 1. The molecule has 1 fully saturated rings. The highest BCUT2D eigenvalue weighted by atomic mass is 79.9. The molecule has 0 aliphatic carbocycles. The summed E-state index contributed by atoms with van der Waals surface area (Å²) in [6.07, 6.45) is 12.6. The number of nitrogens with zero attached hydrogens (tertiary/aromatic N) is 2. The Labute approximate surface area is 117 Å².